The molecule has 0 saturated carbocycles. The van der Waals surface area contributed by atoms with E-state index in [1.807, 2.05) is 25.1 Å². The van der Waals surface area contributed by atoms with Crippen molar-refractivity contribution in [2.45, 2.75) is 24.3 Å². The second-order valence-corrected chi connectivity index (χ2v) is 5.99. The van der Waals surface area contributed by atoms with E-state index in [1.165, 1.54) is 11.8 Å². The van der Waals surface area contributed by atoms with Gasteiger partial charge in [0.15, 0.2) is 5.82 Å². The molecule has 3 rings (SSSR count). The second-order valence-electron chi connectivity index (χ2n) is 4.29. The molecule has 0 amide bonds. The van der Waals surface area contributed by atoms with Crippen molar-refractivity contribution in [3.05, 3.63) is 41.0 Å². The molecule has 0 saturated heterocycles. The Bertz CT molecular complexity index is 758. The van der Waals surface area contributed by atoms with E-state index in [1.54, 1.807) is 13.0 Å². The number of nitrogens with zero attached hydrogens (tertiary/aromatic N) is 4. The smallest absolute Gasteiger partial charge is 0.277 e. The van der Waals surface area contributed by atoms with Crippen LogP contribution in [-0.4, -0.2) is 20.3 Å². The van der Waals surface area contributed by atoms with Crippen LogP contribution in [0.25, 0.3) is 11.5 Å². The number of aryl methyl sites for hydroxylation is 1. The van der Waals surface area contributed by atoms with E-state index in [9.17, 15) is 0 Å². The molecule has 0 N–H and O–H groups in total. The third-order valence-corrected chi connectivity index (χ3v) is 3.93. The van der Waals surface area contributed by atoms with Gasteiger partial charge in [-0.2, -0.15) is 4.98 Å². The average molecular weight is 323 g/mol. The maximum absolute atomic E-state index is 6.10. The summed E-state index contributed by atoms with van der Waals surface area (Å²) in [4.78, 5) is 4.18. The largest absolute Gasteiger partial charge is 0.411 e. The lowest BCUT2D eigenvalue weighted by Crippen LogP contribution is -1.88. The minimum Gasteiger partial charge on any atom is -0.411 e. The van der Waals surface area contributed by atoms with Crippen molar-refractivity contribution in [3.63, 3.8) is 0 Å². The summed E-state index contributed by atoms with van der Waals surface area (Å²) in [6, 6.07) is 7.31. The van der Waals surface area contributed by atoms with E-state index in [4.69, 9.17) is 20.5 Å². The van der Waals surface area contributed by atoms with Gasteiger partial charge in [0.05, 0.1) is 15.8 Å². The van der Waals surface area contributed by atoms with Gasteiger partial charge in [0.25, 0.3) is 5.22 Å². The molecule has 0 aliphatic heterocycles. The van der Waals surface area contributed by atoms with Crippen molar-refractivity contribution >= 4 is 23.4 Å². The normalized spacial score (nSPS) is 12.5. The summed E-state index contributed by atoms with van der Waals surface area (Å²) in [6.45, 7) is 3.70. The molecule has 108 valence electrons. The number of hydrogen-bond acceptors (Lipinski definition) is 7. The average Bonchev–Trinajstić information content (AvgIpc) is 3.08. The van der Waals surface area contributed by atoms with Crippen LogP contribution in [0.1, 0.15) is 23.9 Å². The second kappa shape index (κ2) is 5.87. The van der Waals surface area contributed by atoms with Crippen LogP contribution in [0.15, 0.2) is 38.4 Å². The lowest BCUT2D eigenvalue weighted by molar-refractivity contribution is 0.375. The van der Waals surface area contributed by atoms with Gasteiger partial charge in [0.2, 0.25) is 11.8 Å². The Morgan fingerprint density at radius 3 is 2.76 bits per heavy atom. The van der Waals surface area contributed by atoms with Crippen molar-refractivity contribution in [2.24, 2.45) is 0 Å². The monoisotopic (exact) mass is 322 g/mol. The van der Waals surface area contributed by atoms with Crippen LogP contribution in [0, 0.1) is 6.92 Å². The van der Waals surface area contributed by atoms with Crippen LogP contribution in [-0.2, 0) is 0 Å². The van der Waals surface area contributed by atoms with E-state index in [0.717, 1.165) is 0 Å². The molecule has 2 heterocycles. The van der Waals surface area contributed by atoms with Gasteiger partial charge < -0.3 is 8.94 Å². The molecule has 0 aliphatic rings. The molecule has 2 aromatic heterocycles. The molecule has 0 radical (unpaired) electrons. The standard InChI is InChI=1S/C13H11ClN4O2S/c1-7(11-15-8(2)18-20-11)21-13-17-16-12(19-13)9-5-3-4-6-10(9)14/h3-7H,1-2H3/t7-/m0/s1. The fraction of sp³-hybridized carbons (Fsp3) is 0.231. The Morgan fingerprint density at radius 2 is 2.05 bits per heavy atom. The first-order valence-electron chi connectivity index (χ1n) is 6.19. The highest BCUT2D eigenvalue weighted by Crippen LogP contribution is 2.35. The maximum atomic E-state index is 6.10. The van der Waals surface area contributed by atoms with Crippen molar-refractivity contribution in [1.82, 2.24) is 20.3 Å². The minimum absolute atomic E-state index is 0.0780. The third-order valence-electron chi connectivity index (χ3n) is 2.68. The first-order chi connectivity index (χ1) is 10.1. The molecule has 1 atom stereocenters. The number of benzene rings is 1. The third kappa shape index (κ3) is 3.08. The molecule has 0 fully saturated rings. The number of halogens is 1. The van der Waals surface area contributed by atoms with Gasteiger partial charge in [0.1, 0.15) is 0 Å². The number of rotatable bonds is 4. The van der Waals surface area contributed by atoms with E-state index >= 15 is 0 Å². The summed E-state index contributed by atoms with van der Waals surface area (Å²) in [6.07, 6.45) is 0. The Morgan fingerprint density at radius 1 is 1.24 bits per heavy atom. The van der Waals surface area contributed by atoms with Gasteiger partial charge in [0, 0.05) is 0 Å². The molecule has 21 heavy (non-hydrogen) atoms. The number of thioether (sulfide) groups is 1. The lowest BCUT2D eigenvalue weighted by Gasteiger charge is -2.01. The highest BCUT2D eigenvalue weighted by Gasteiger charge is 2.19. The van der Waals surface area contributed by atoms with Gasteiger partial charge >= 0.3 is 0 Å². The first-order valence-corrected chi connectivity index (χ1v) is 7.44. The minimum atomic E-state index is -0.0780. The van der Waals surface area contributed by atoms with Crippen LogP contribution >= 0.6 is 23.4 Å². The Hall–Kier alpha value is -1.86. The molecule has 1 aromatic carbocycles. The maximum Gasteiger partial charge on any atom is 0.277 e. The van der Waals surface area contributed by atoms with Gasteiger partial charge in [-0.05, 0) is 26.0 Å². The predicted octanol–water partition coefficient (Wildman–Crippen LogP) is 3.93. The van der Waals surface area contributed by atoms with Gasteiger partial charge in [-0.1, -0.05) is 40.7 Å². The van der Waals surface area contributed by atoms with Gasteiger partial charge in [-0.15, -0.1) is 10.2 Å². The van der Waals surface area contributed by atoms with Crippen LogP contribution in [0.5, 0.6) is 0 Å². The topological polar surface area (TPSA) is 77.8 Å². The number of aromatic nitrogens is 4. The molecule has 0 bridgehead atoms. The van der Waals surface area contributed by atoms with Gasteiger partial charge in [-0.3, -0.25) is 0 Å². The van der Waals surface area contributed by atoms with Crippen molar-refractivity contribution in [2.75, 3.05) is 0 Å². The Kier molecular flexibility index (Phi) is 3.94. The molecule has 0 spiro atoms. The van der Waals surface area contributed by atoms with Gasteiger partial charge in [-0.25, -0.2) is 0 Å². The van der Waals surface area contributed by atoms with E-state index in [0.29, 0.717) is 33.4 Å². The van der Waals surface area contributed by atoms with Crippen molar-refractivity contribution < 1.29 is 8.94 Å². The SMILES string of the molecule is Cc1noc([C@H](C)Sc2nnc(-c3ccccc3Cl)o2)n1. The van der Waals surface area contributed by atoms with E-state index < -0.39 is 0 Å². The summed E-state index contributed by atoms with van der Waals surface area (Å²) < 4.78 is 10.7. The Balaban J connectivity index is 1.78. The molecule has 3 aromatic rings. The van der Waals surface area contributed by atoms with Crippen molar-refractivity contribution in [3.8, 4) is 11.5 Å². The summed E-state index contributed by atoms with van der Waals surface area (Å²) in [5.74, 6) is 1.51. The quantitative estimate of drug-likeness (QED) is 0.673. The summed E-state index contributed by atoms with van der Waals surface area (Å²) in [5, 5.41) is 12.7. The summed E-state index contributed by atoms with van der Waals surface area (Å²) in [7, 11) is 0. The van der Waals surface area contributed by atoms with Crippen LogP contribution in [0.3, 0.4) is 0 Å². The predicted molar refractivity (Wildman–Crippen MR) is 78.1 cm³/mol. The van der Waals surface area contributed by atoms with Crippen molar-refractivity contribution in [1.29, 1.82) is 0 Å². The molecule has 0 aliphatic carbocycles. The lowest BCUT2D eigenvalue weighted by atomic mass is 10.2. The number of hydrogen-bond donors (Lipinski definition) is 0. The highest BCUT2D eigenvalue weighted by atomic mass is 35.5. The Labute approximate surface area is 129 Å². The van der Waals surface area contributed by atoms with Crippen LogP contribution in [0.4, 0.5) is 0 Å². The first kappa shape index (κ1) is 14.1. The zero-order valence-electron chi connectivity index (χ0n) is 11.3. The molecule has 6 nitrogen and oxygen atoms in total. The summed E-state index contributed by atoms with van der Waals surface area (Å²) >= 11 is 7.46. The molecule has 8 heteroatoms. The zero-order valence-corrected chi connectivity index (χ0v) is 12.9. The molecular formula is C13H11ClN4O2S. The van der Waals surface area contributed by atoms with Crippen LogP contribution < -0.4 is 0 Å². The summed E-state index contributed by atoms with van der Waals surface area (Å²) in [5.41, 5.74) is 0.708. The molecular weight excluding hydrogens is 312 g/mol. The highest BCUT2D eigenvalue weighted by molar-refractivity contribution is 7.99. The fourth-order valence-corrected chi connectivity index (χ4v) is 2.61. The fourth-order valence-electron chi connectivity index (χ4n) is 1.68. The zero-order chi connectivity index (χ0) is 14.8. The van der Waals surface area contributed by atoms with Crippen LogP contribution in [0.2, 0.25) is 5.02 Å². The molecule has 0 unspecified atom stereocenters. The van der Waals surface area contributed by atoms with E-state index in [2.05, 4.69) is 20.3 Å². The van der Waals surface area contributed by atoms with E-state index in [-0.39, 0.29) is 5.25 Å².